The van der Waals surface area contributed by atoms with Crippen LogP contribution in [0.15, 0.2) is 23.1 Å². The first kappa shape index (κ1) is 16.2. The number of carbonyl (C=O) groups is 2. The number of hydrogen-bond acceptors (Lipinski definition) is 5. The normalized spacial score (nSPS) is 17.2. The maximum atomic E-state index is 12.1. The minimum absolute atomic E-state index is 0.00697. The Morgan fingerprint density at radius 2 is 2.09 bits per heavy atom. The Bertz CT molecular complexity index is 702. The van der Waals surface area contributed by atoms with E-state index in [1.807, 2.05) is 0 Å². The van der Waals surface area contributed by atoms with Crippen LogP contribution in [-0.2, 0) is 19.6 Å². The molecule has 1 aromatic carbocycles. The van der Waals surface area contributed by atoms with Crippen LogP contribution in [0.4, 0.5) is 5.69 Å². The lowest BCUT2D eigenvalue weighted by molar-refractivity contribution is -0.122. The number of hydrogen-bond donors (Lipinski definition) is 3. The zero-order chi connectivity index (χ0) is 16.3. The Morgan fingerprint density at radius 3 is 2.77 bits per heavy atom. The van der Waals surface area contributed by atoms with Crippen molar-refractivity contribution in [1.29, 1.82) is 0 Å². The first-order valence-corrected chi connectivity index (χ1v) is 8.13. The van der Waals surface area contributed by atoms with E-state index in [0.29, 0.717) is 11.4 Å². The molecule has 1 aliphatic heterocycles. The van der Waals surface area contributed by atoms with Crippen LogP contribution in [-0.4, -0.2) is 39.4 Å². The van der Waals surface area contributed by atoms with Crippen LogP contribution < -0.4 is 20.1 Å². The van der Waals surface area contributed by atoms with Gasteiger partial charge in [0.1, 0.15) is 5.75 Å². The van der Waals surface area contributed by atoms with Gasteiger partial charge in [-0.1, -0.05) is 0 Å². The molecule has 2 rings (SSSR count). The zero-order valence-corrected chi connectivity index (χ0v) is 13.0. The molecule has 2 amide bonds. The topological polar surface area (TPSA) is 114 Å². The Labute approximate surface area is 128 Å². The smallest absolute Gasteiger partial charge is 0.265 e. The average Bonchev–Trinajstić information content (AvgIpc) is 2.44. The average molecular weight is 327 g/mol. The standard InChI is InChI=1S/C13H17N3O5S/c1-8-13(18)16-11-7-10(3-4-12(11)21-8)22(19,20)15-6-5-14-9(2)17/h3-4,7-8,15H,5-6H2,1-2H3,(H,14,17)(H,16,18). The van der Waals surface area contributed by atoms with Gasteiger partial charge in [0, 0.05) is 20.0 Å². The van der Waals surface area contributed by atoms with Gasteiger partial charge in [-0.05, 0) is 25.1 Å². The summed E-state index contributed by atoms with van der Waals surface area (Å²) in [5, 5.41) is 5.08. The molecule has 0 spiro atoms. The molecular formula is C13H17N3O5S. The van der Waals surface area contributed by atoms with E-state index in [2.05, 4.69) is 15.4 Å². The number of ether oxygens (including phenoxy) is 1. The maximum Gasteiger partial charge on any atom is 0.265 e. The Balaban J connectivity index is 2.10. The summed E-state index contributed by atoms with van der Waals surface area (Å²) in [6.45, 7) is 3.21. The molecule has 22 heavy (non-hydrogen) atoms. The second-order valence-electron chi connectivity index (χ2n) is 4.79. The second kappa shape index (κ2) is 6.32. The molecular weight excluding hydrogens is 310 g/mol. The molecule has 120 valence electrons. The summed E-state index contributed by atoms with van der Waals surface area (Å²) in [5.74, 6) is -0.146. The van der Waals surface area contributed by atoms with Gasteiger partial charge in [-0.3, -0.25) is 9.59 Å². The van der Waals surface area contributed by atoms with E-state index in [-0.39, 0.29) is 29.8 Å². The molecule has 9 heteroatoms. The van der Waals surface area contributed by atoms with Gasteiger partial charge < -0.3 is 15.4 Å². The van der Waals surface area contributed by atoms with E-state index in [1.165, 1.54) is 25.1 Å². The molecule has 1 heterocycles. The zero-order valence-electron chi connectivity index (χ0n) is 12.2. The summed E-state index contributed by atoms with van der Waals surface area (Å²) in [6, 6.07) is 4.22. The fourth-order valence-corrected chi connectivity index (χ4v) is 2.92. The molecule has 0 aromatic heterocycles. The predicted molar refractivity (Wildman–Crippen MR) is 79.0 cm³/mol. The molecule has 1 aliphatic rings. The molecule has 8 nitrogen and oxygen atoms in total. The Morgan fingerprint density at radius 1 is 1.36 bits per heavy atom. The van der Waals surface area contributed by atoms with Gasteiger partial charge in [-0.25, -0.2) is 13.1 Å². The number of anilines is 1. The van der Waals surface area contributed by atoms with Crippen molar-refractivity contribution >= 4 is 27.5 Å². The number of amides is 2. The van der Waals surface area contributed by atoms with Gasteiger partial charge in [-0.15, -0.1) is 0 Å². The van der Waals surface area contributed by atoms with Crippen LogP contribution in [0.2, 0.25) is 0 Å². The molecule has 0 fully saturated rings. The highest BCUT2D eigenvalue weighted by atomic mass is 32.2. The van der Waals surface area contributed by atoms with Crippen LogP contribution in [0.1, 0.15) is 13.8 Å². The van der Waals surface area contributed by atoms with Crippen LogP contribution in [0, 0.1) is 0 Å². The van der Waals surface area contributed by atoms with Crippen molar-refractivity contribution in [2.75, 3.05) is 18.4 Å². The van der Waals surface area contributed by atoms with Crippen molar-refractivity contribution in [3.63, 3.8) is 0 Å². The van der Waals surface area contributed by atoms with Crippen LogP contribution >= 0.6 is 0 Å². The predicted octanol–water partition coefficient (Wildman–Crippen LogP) is -0.180. The highest BCUT2D eigenvalue weighted by Crippen LogP contribution is 2.31. The number of sulfonamides is 1. The monoisotopic (exact) mass is 327 g/mol. The summed E-state index contributed by atoms with van der Waals surface area (Å²) in [5.41, 5.74) is 0.313. The molecule has 0 bridgehead atoms. The molecule has 1 aromatic rings. The third kappa shape index (κ3) is 3.74. The van der Waals surface area contributed by atoms with Gasteiger partial charge in [-0.2, -0.15) is 0 Å². The van der Waals surface area contributed by atoms with Crippen molar-refractivity contribution in [3.8, 4) is 5.75 Å². The lowest BCUT2D eigenvalue weighted by Gasteiger charge is -2.23. The molecule has 0 saturated heterocycles. The Hall–Kier alpha value is -2.13. The summed E-state index contributed by atoms with van der Waals surface area (Å²) < 4.78 is 32.0. The SMILES string of the molecule is CC(=O)NCCNS(=O)(=O)c1ccc2c(c1)NC(=O)C(C)O2. The van der Waals surface area contributed by atoms with E-state index in [9.17, 15) is 18.0 Å². The number of rotatable bonds is 5. The summed E-state index contributed by atoms with van der Waals surface area (Å²) in [7, 11) is -3.73. The number of nitrogens with one attached hydrogen (secondary N) is 3. The maximum absolute atomic E-state index is 12.1. The van der Waals surface area contributed by atoms with Gasteiger partial charge in [0.25, 0.3) is 5.91 Å². The fraction of sp³-hybridized carbons (Fsp3) is 0.385. The molecule has 1 atom stereocenters. The van der Waals surface area contributed by atoms with Gasteiger partial charge in [0.2, 0.25) is 15.9 Å². The number of benzene rings is 1. The minimum atomic E-state index is -3.73. The van der Waals surface area contributed by atoms with Crippen LogP contribution in [0.3, 0.4) is 0 Å². The van der Waals surface area contributed by atoms with E-state index in [4.69, 9.17) is 4.74 Å². The van der Waals surface area contributed by atoms with Crippen LogP contribution in [0.5, 0.6) is 5.75 Å². The van der Waals surface area contributed by atoms with E-state index in [1.54, 1.807) is 6.92 Å². The van der Waals surface area contributed by atoms with Gasteiger partial charge in [0.05, 0.1) is 10.6 Å². The first-order chi connectivity index (χ1) is 10.3. The highest BCUT2D eigenvalue weighted by Gasteiger charge is 2.25. The van der Waals surface area contributed by atoms with Crippen molar-refractivity contribution in [3.05, 3.63) is 18.2 Å². The lowest BCUT2D eigenvalue weighted by atomic mass is 10.2. The second-order valence-corrected chi connectivity index (χ2v) is 6.55. The lowest BCUT2D eigenvalue weighted by Crippen LogP contribution is -2.35. The third-order valence-electron chi connectivity index (χ3n) is 2.98. The van der Waals surface area contributed by atoms with Crippen molar-refractivity contribution in [1.82, 2.24) is 10.0 Å². The summed E-state index contributed by atoms with van der Waals surface area (Å²) >= 11 is 0. The third-order valence-corrected chi connectivity index (χ3v) is 4.44. The highest BCUT2D eigenvalue weighted by molar-refractivity contribution is 7.89. The fourth-order valence-electron chi connectivity index (χ4n) is 1.86. The molecule has 0 radical (unpaired) electrons. The van der Waals surface area contributed by atoms with Crippen molar-refractivity contribution < 1.29 is 22.7 Å². The van der Waals surface area contributed by atoms with Crippen molar-refractivity contribution in [2.24, 2.45) is 0 Å². The van der Waals surface area contributed by atoms with Crippen LogP contribution in [0.25, 0.3) is 0 Å². The van der Waals surface area contributed by atoms with Crippen molar-refractivity contribution in [2.45, 2.75) is 24.8 Å². The van der Waals surface area contributed by atoms with Gasteiger partial charge in [0.15, 0.2) is 6.10 Å². The quantitative estimate of drug-likeness (QED) is 0.649. The first-order valence-electron chi connectivity index (χ1n) is 6.65. The molecule has 0 saturated carbocycles. The van der Waals surface area contributed by atoms with E-state index in [0.717, 1.165) is 0 Å². The van der Waals surface area contributed by atoms with E-state index >= 15 is 0 Å². The molecule has 3 N–H and O–H groups in total. The Kier molecular flexibility index (Phi) is 4.67. The summed E-state index contributed by atoms with van der Waals surface area (Å²) in [4.78, 5) is 22.3. The molecule has 1 unspecified atom stereocenters. The number of carbonyl (C=O) groups excluding carboxylic acids is 2. The van der Waals surface area contributed by atoms with E-state index < -0.39 is 16.1 Å². The summed E-state index contributed by atoms with van der Waals surface area (Å²) in [6.07, 6.45) is -0.620. The number of fused-ring (bicyclic) bond motifs is 1. The minimum Gasteiger partial charge on any atom is -0.479 e. The molecule has 0 aliphatic carbocycles. The van der Waals surface area contributed by atoms with Gasteiger partial charge >= 0.3 is 0 Å². The largest absolute Gasteiger partial charge is 0.479 e.